The predicted molar refractivity (Wildman–Crippen MR) is 42.2 cm³/mol. The van der Waals surface area contributed by atoms with E-state index in [0.717, 1.165) is 0 Å². The first kappa shape index (κ1) is 8.68. The Labute approximate surface area is 66.9 Å². The summed E-state index contributed by atoms with van der Waals surface area (Å²) in [7, 11) is 0. The molecule has 0 heterocycles. The Morgan fingerprint density at radius 3 is 2.73 bits per heavy atom. The minimum Gasteiger partial charge on any atom is -0.375 e. The summed E-state index contributed by atoms with van der Waals surface area (Å²) in [6.07, 6.45) is 0.658. The van der Waals surface area contributed by atoms with Crippen LogP contribution in [0.4, 0.5) is 0 Å². The van der Waals surface area contributed by atoms with Crippen molar-refractivity contribution < 1.29 is 9.53 Å². The smallest absolute Gasteiger partial charge is 0.143 e. The first-order valence-corrected chi connectivity index (χ1v) is 3.94. The molecule has 11 heavy (non-hydrogen) atoms. The van der Waals surface area contributed by atoms with Crippen molar-refractivity contribution >= 4 is 5.78 Å². The van der Waals surface area contributed by atoms with Gasteiger partial charge in [0.05, 0.1) is 18.1 Å². The van der Waals surface area contributed by atoms with Crippen molar-refractivity contribution in [1.82, 2.24) is 0 Å². The van der Waals surface area contributed by atoms with Crippen molar-refractivity contribution in [1.29, 1.82) is 0 Å². The molecule has 64 valence electrons. The molecule has 0 aliphatic heterocycles. The van der Waals surface area contributed by atoms with Crippen LogP contribution in [0.1, 0.15) is 20.3 Å². The molecule has 0 spiro atoms. The molecule has 1 unspecified atom stereocenters. The van der Waals surface area contributed by atoms with E-state index in [1.807, 2.05) is 13.8 Å². The molecule has 0 aromatic rings. The van der Waals surface area contributed by atoms with E-state index in [1.165, 1.54) is 0 Å². The van der Waals surface area contributed by atoms with Crippen LogP contribution in [0.5, 0.6) is 0 Å². The van der Waals surface area contributed by atoms with Crippen molar-refractivity contribution in [3.63, 3.8) is 0 Å². The van der Waals surface area contributed by atoms with E-state index in [-0.39, 0.29) is 11.5 Å². The number of hydrogen-bond donors (Lipinski definition) is 1. The topological polar surface area (TPSA) is 52.3 Å². The number of ketones is 1. The Morgan fingerprint density at radius 1 is 1.73 bits per heavy atom. The van der Waals surface area contributed by atoms with E-state index in [0.29, 0.717) is 25.4 Å². The highest BCUT2D eigenvalue weighted by Crippen LogP contribution is 2.38. The summed E-state index contributed by atoms with van der Waals surface area (Å²) in [5.41, 5.74) is 5.00. The van der Waals surface area contributed by atoms with Crippen molar-refractivity contribution in [3.8, 4) is 0 Å². The molecule has 0 saturated heterocycles. The summed E-state index contributed by atoms with van der Waals surface area (Å²) in [6, 6.07) is 0. The van der Waals surface area contributed by atoms with Gasteiger partial charge in [-0.15, -0.1) is 0 Å². The number of carbonyl (C=O) groups is 1. The molecule has 1 aliphatic rings. The summed E-state index contributed by atoms with van der Waals surface area (Å²) in [5, 5.41) is 0. The predicted octanol–water partition coefficient (Wildman–Crippen LogP) is 0.329. The average molecular weight is 157 g/mol. The molecule has 2 N–H and O–H groups in total. The van der Waals surface area contributed by atoms with Gasteiger partial charge in [-0.25, -0.2) is 0 Å². The van der Waals surface area contributed by atoms with Crippen molar-refractivity contribution in [2.45, 2.75) is 26.4 Å². The minimum absolute atomic E-state index is 0.0959. The maximum atomic E-state index is 11.0. The monoisotopic (exact) mass is 157 g/mol. The normalized spacial score (nSPS) is 28.3. The minimum atomic E-state index is -0.269. The molecule has 1 saturated carbocycles. The van der Waals surface area contributed by atoms with Gasteiger partial charge in [-0.2, -0.15) is 0 Å². The molecule has 0 aromatic carbocycles. The third kappa shape index (κ3) is 1.44. The van der Waals surface area contributed by atoms with Crippen LogP contribution in [0, 0.1) is 5.41 Å². The van der Waals surface area contributed by atoms with Crippen LogP contribution in [0.15, 0.2) is 0 Å². The van der Waals surface area contributed by atoms with Crippen LogP contribution in [0.3, 0.4) is 0 Å². The summed E-state index contributed by atoms with van der Waals surface area (Å²) in [5.74, 6) is 0.291. The molecular weight excluding hydrogens is 142 g/mol. The van der Waals surface area contributed by atoms with Crippen molar-refractivity contribution in [3.05, 3.63) is 0 Å². The number of carbonyl (C=O) groups excluding carboxylic acids is 1. The SMILES string of the molecule is CC1(C)C(=O)CC1OCCN. The molecule has 0 radical (unpaired) electrons. The lowest BCUT2D eigenvalue weighted by molar-refractivity contribution is -0.157. The van der Waals surface area contributed by atoms with Crippen LogP contribution in [0.2, 0.25) is 0 Å². The maximum absolute atomic E-state index is 11.0. The Bertz CT molecular complexity index is 165. The second kappa shape index (κ2) is 2.91. The molecule has 1 atom stereocenters. The Balaban J connectivity index is 2.34. The highest BCUT2D eigenvalue weighted by molar-refractivity contribution is 5.91. The van der Waals surface area contributed by atoms with Gasteiger partial charge in [0.2, 0.25) is 0 Å². The van der Waals surface area contributed by atoms with Gasteiger partial charge >= 0.3 is 0 Å². The van der Waals surface area contributed by atoms with E-state index >= 15 is 0 Å². The van der Waals surface area contributed by atoms with E-state index < -0.39 is 0 Å². The lowest BCUT2D eigenvalue weighted by Gasteiger charge is -2.41. The average Bonchev–Trinajstić information content (AvgIpc) is 1.97. The summed E-state index contributed by atoms with van der Waals surface area (Å²) >= 11 is 0. The third-order valence-electron chi connectivity index (χ3n) is 2.33. The first-order chi connectivity index (χ1) is 5.09. The second-order valence-electron chi connectivity index (χ2n) is 3.50. The van der Waals surface area contributed by atoms with Crippen molar-refractivity contribution in [2.75, 3.05) is 13.2 Å². The van der Waals surface area contributed by atoms with Gasteiger partial charge in [0.15, 0.2) is 0 Å². The Morgan fingerprint density at radius 2 is 2.36 bits per heavy atom. The van der Waals surface area contributed by atoms with Crippen LogP contribution < -0.4 is 5.73 Å². The lowest BCUT2D eigenvalue weighted by Crippen LogP contribution is -2.51. The van der Waals surface area contributed by atoms with Crippen molar-refractivity contribution in [2.24, 2.45) is 11.1 Å². The molecule has 3 heteroatoms. The highest BCUT2D eigenvalue weighted by atomic mass is 16.5. The second-order valence-corrected chi connectivity index (χ2v) is 3.50. The van der Waals surface area contributed by atoms with Gasteiger partial charge in [-0.05, 0) is 0 Å². The molecular formula is C8H15NO2. The Kier molecular flexibility index (Phi) is 2.30. The van der Waals surface area contributed by atoms with Gasteiger partial charge in [0, 0.05) is 13.0 Å². The summed E-state index contributed by atoms with van der Waals surface area (Å²) in [6.45, 7) is 4.92. The van der Waals surface area contributed by atoms with Gasteiger partial charge in [0.1, 0.15) is 5.78 Å². The molecule has 0 bridgehead atoms. The number of rotatable bonds is 3. The first-order valence-electron chi connectivity index (χ1n) is 3.94. The summed E-state index contributed by atoms with van der Waals surface area (Å²) in [4.78, 5) is 11.0. The van der Waals surface area contributed by atoms with Gasteiger partial charge in [0.25, 0.3) is 0 Å². The van der Waals surface area contributed by atoms with E-state index in [1.54, 1.807) is 0 Å². The molecule has 1 aliphatic carbocycles. The van der Waals surface area contributed by atoms with Gasteiger partial charge in [-0.3, -0.25) is 4.79 Å². The largest absolute Gasteiger partial charge is 0.375 e. The highest BCUT2D eigenvalue weighted by Gasteiger charge is 2.47. The number of nitrogens with two attached hydrogens (primary N) is 1. The molecule has 1 rings (SSSR count). The zero-order chi connectivity index (χ0) is 8.48. The van der Waals surface area contributed by atoms with Crippen LogP contribution in [-0.2, 0) is 9.53 Å². The Hall–Kier alpha value is -0.410. The van der Waals surface area contributed by atoms with Crippen LogP contribution >= 0.6 is 0 Å². The number of hydrogen-bond acceptors (Lipinski definition) is 3. The molecule has 1 fully saturated rings. The van der Waals surface area contributed by atoms with Gasteiger partial charge in [-0.1, -0.05) is 13.8 Å². The quantitative estimate of drug-likeness (QED) is 0.642. The summed E-state index contributed by atoms with van der Waals surface area (Å²) < 4.78 is 5.37. The molecule has 3 nitrogen and oxygen atoms in total. The fourth-order valence-corrected chi connectivity index (χ4v) is 1.21. The number of Topliss-reactive ketones (excluding diaryl/α,β-unsaturated/α-hetero) is 1. The zero-order valence-corrected chi connectivity index (χ0v) is 7.09. The lowest BCUT2D eigenvalue weighted by atomic mass is 9.68. The standard InChI is InChI=1S/C8H15NO2/c1-8(2)6(10)5-7(8)11-4-3-9/h7H,3-5,9H2,1-2H3. The van der Waals surface area contributed by atoms with E-state index in [9.17, 15) is 4.79 Å². The van der Waals surface area contributed by atoms with Crippen LogP contribution in [0.25, 0.3) is 0 Å². The fraction of sp³-hybridized carbons (Fsp3) is 0.875. The van der Waals surface area contributed by atoms with Gasteiger partial charge < -0.3 is 10.5 Å². The third-order valence-corrected chi connectivity index (χ3v) is 2.33. The molecule has 0 amide bonds. The maximum Gasteiger partial charge on any atom is 0.143 e. The zero-order valence-electron chi connectivity index (χ0n) is 7.09. The number of ether oxygens (including phenoxy) is 1. The van der Waals surface area contributed by atoms with E-state index in [2.05, 4.69) is 0 Å². The fourth-order valence-electron chi connectivity index (χ4n) is 1.21. The molecule has 0 aromatic heterocycles. The van der Waals surface area contributed by atoms with Crippen LogP contribution in [-0.4, -0.2) is 25.0 Å². The van der Waals surface area contributed by atoms with E-state index in [4.69, 9.17) is 10.5 Å².